The highest BCUT2D eigenvalue weighted by Crippen LogP contribution is 2.29. The van der Waals surface area contributed by atoms with Crippen LogP contribution in [0.2, 0.25) is 0 Å². The van der Waals surface area contributed by atoms with Crippen molar-refractivity contribution in [3.63, 3.8) is 0 Å². The third-order valence-corrected chi connectivity index (χ3v) is 4.44. The zero-order chi connectivity index (χ0) is 19.7. The number of halogens is 3. The molecule has 142 valence electrons. The third-order valence-electron chi connectivity index (χ3n) is 3.75. The summed E-state index contributed by atoms with van der Waals surface area (Å²) in [6, 6.07) is 10.5. The van der Waals surface area contributed by atoms with Crippen LogP contribution in [0.3, 0.4) is 0 Å². The zero-order valence-corrected chi connectivity index (χ0v) is 14.8. The van der Waals surface area contributed by atoms with Crippen molar-refractivity contribution in [3.8, 4) is 17.1 Å². The van der Waals surface area contributed by atoms with Crippen molar-refractivity contribution in [2.24, 2.45) is 0 Å². The number of aromatic amines is 1. The summed E-state index contributed by atoms with van der Waals surface area (Å²) in [5, 5.41) is 4.87. The maximum Gasteiger partial charge on any atom is 0.573 e. The number of fused-ring (bicyclic) bond motifs is 1. The van der Waals surface area contributed by atoms with Crippen LogP contribution in [0.1, 0.15) is 10.4 Å². The molecule has 0 spiro atoms. The molecule has 0 aliphatic rings. The Morgan fingerprint density at radius 1 is 1.18 bits per heavy atom. The van der Waals surface area contributed by atoms with E-state index in [0.29, 0.717) is 33.1 Å². The molecule has 0 aliphatic carbocycles. The monoisotopic (exact) mass is 404 g/mol. The van der Waals surface area contributed by atoms with Gasteiger partial charge in [-0.15, -0.1) is 24.5 Å². The van der Waals surface area contributed by atoms with Gasteiger partial charge in [-0.3, -0.25) is 10.1 Å². The second-order valence-corrected chi connectivity index (χ2v) is 6.55. The smallest absolute Gasteiger partial charge is 0.406 e. The normalized spacial score (nSPS) is 11.5. The lowest BCUT2D eigenvalue weighted by molar-refractivity contribution is -0.274. The molecule has 2 N–H and O–H groups in total. The molecule has 4 aromatic rings. The van der Waals surface area contributed by atoms with Gasteiger partial charge in [-0.05, 0) is 24.3 Å². The quantitative estimate of drug-likeness (QED) is 0.510. The number of nitrogens with one attached hydrogen (secondary N) is 2. The number of aromatic nitrogens is 3. The molecular weight excluding hydrogens is 393 g/mol. The Labute approximate surface area is 160 Å². The Hall–Kier alpha value is -3.40. The van der Waals surface area contributed by atoms with E-state index in [-0.39, 0.29) is 11.7 Å². The van der Waals surface area contributed by atoms with E-state index in [4.69, 9.17) is 0 Å². The number of imidazole rings is 1. The first-order chi connectivity index (χ1) is 13.4. The Bertz CT molecular complexity index is 1140. The topological polar surface area (TPSA) is 79.9 Å². The number of H-pyrrole nitrogens is 1. The van der Waals surface area contributed by atoms with Gasteiger partial charge >= 0.3 is 6.36 Å². The molecule has 2 heterocycles. The van der Waals surface area contributed by atoms with Crippen molar-refractivity contribution in [1.82, 2.24) is 15.0 Å². The molecule has 28 heavy (non-hydrogen) atoms. The number of carbonyl (C=O) groups excluding carboxylic acids is 1. The standard InChI is InChI=1S/C18H11F3N4O2S/c19-18(20,21)27-11-4-1-3-10(9-11)15-23-13-6-2-5-12(14(13)24-15)16(26)25-17-22-7-8-28-17/h1-9H,(H,23,24)(H,22,25,26). The van der Waals surface area contributed by atoms with Crippen LogP contribution in [0.15, 0.2) is 54.0 Å². The summed E-state index contributed by atoms with van der Waals surface area (Å²) < 4.78 is 41.3. The summed E-state index contributed by atoms with van der Waals surface area (Å²) in [6.45, 7) is 0. The average Bonchev–Trinajstić information content (AvgIpc) is 3.29. The van der Waals surface area contributed by atoms with Gasteiger partial charge in [0.2, 0.25) is 0 Å². The molecule has 0 saturated carbocycles. The highest BCUT2D eigenvalue weighted by molar-refractivity contribution is 7.13. The molecule has 10 heteroatoms. The van der Waals surface area contributed by atoms with Crippen molar-refractivity contribution in [2.45, 2.75) is 6.36 Å². The van der Waals surface area contributed by atoms with E-state index in [1.54, 1.807) is 35.8 Å². The third kappa shape index (κ3) is 3.81. The number of hydrogen-bond acceptors (Lipinski definition) is 5. The Morgan fingerprint density at radius 2 is 2.00 bits per heavy atom. The van der Waals surface area contributed by atoms with E-state index in [2.05, 4.69) is 25.0 Å². The molecule has 0 fully saturated rings. The molecule has 0 unspecified atom stereocenters. The van der Waals surface area contributed by atoms with Gasteiger partial charge in [0.05, 0.1) is 11.1 Å². The summed E-state index contributed by atoms with van der Waals surface area (Å²) in [6.07, 6.45) is -3.21. The number of amides is 1. The van der Waals surface area contributed by atoms with Crippen LogP contribution < -0.4 is 10.1 Å². The van der Waals surface area contributed by atoms with Crippen LogP contribution >= 0.6 is 11.3 Å². The zero-order valence-electron chi connectivity index (χ0n) is 13.9. The summed E-state index contributed by atoms with van der Waals surface area (Å²) in [4.78, 5) is 24.0. The number of thiazole rings is 1. The number of anilines is 1. The number of nitrogens with zero attached hydrogens (tertiary/aromatic N) is 2. The van der Waals surface area contributed by atoms with Gasteiger partial charge in [0.25, 0.3) is 5.91 Å². The number of hydrogen-bond donors (Lipinski definition) is 2. The first-order valence-corrected chi connectivity index (χ1v) is 8.83. The van der Waals surface area contributed by atoms with Crippen molar-refractivity contribution < 1.29 is 22.7 Å². The first-order valence-electron chi connectivity index (χ1n) is 7.95. The van der Waals surface area contributed by atoms with Crippen LogP contribution in [0.25, 0.3) is 22.4 Å². The van der Waals surface area contributed by atoms with E-state index in [1.165, 1.54) is 29.5 Å². The van der Waals surface area contributed by atoms with Crippen LogP contribution in [-0.4, -0.2) is 27.2 Å². The van der Waals surface area contributed by atoms with E-state index in [0.717, 1.165) is 0 Å². The number of alkyl halides is 3. The molecule has 2 aromatic carbocycles. The lowest BCUT2D eigenvalue weighted by Crippen LogP contribution is -2.17. The number of ether oxygens (including phenoxy) is 1. The molecule has 1 amide bonds. The summed E-state index contributed by atoms with van der Waals surface area (Å²) in [5.41, 5.74) is 1.68. The maximum absolute atomic E-state index is 12.5. The Kier molecular flexibility index (Phi) is 4.47. The number of para-hydroxylation sites is 1. The van der Waals surface area contributed by atoms with Gasteiger partial charge in [0, 0.05) is 17.1 Å². The minimum atomic E-state index is -4.78. The number of benzene rings is 2. The van der Waals surface area contributed by atoms with Crippen LogP contribution in [0.5, 0.6) is 5.75 Å². The van der Waals surface area contributed by atoms with Gasteiger partial charge in [0.1, 0.15) is 17.1 Å². The fourth-order valence-electron chi connectivity index (χ4n) is 2.64. The van der Waals surface area contributed by atoms with E-state index >= 15 is 0 Å². The van der Waals surface area contributed by atoms with Crippen LogP contribution in [0, 0.1) is 0 Å². The second kappa shape index (κ2) is 6.97. The number of carbonyl (C=O) groups is 1. The van der Waals surface area contributed by atoms with Crippen molar-refractivity contribution in [1.29, 1.82) is 0 Å². The maximum atomic E-state index is 12.5. The highest BCUT2D eigenvalue weighted by Gasteiger charge is 2.31. The van der Waals surface area contributed by atoms with E-state index in [1.807, 2.05) is 0 Å². The molecule has 2 aromatic heterocycles. The van der Waals surface area contributed by atoms with Crippen molar-refractivity contribution in [2.75, 3.05) is 5.32 Å². The van der Waals surface area contributed by atoms with E-state index < -0.39 is 6.36 Å². The van der Waals surface area contributed by atoms with Crippen molar-refractivity contribution >= 4 is 33.4 Å². The Balaban J connectivity index is 1.69. The predicted octanol–water partition coefficient (Wildman–Crippen LogP) is 4.84. The highest BCUT2D eigenvalue weighted by atomic mass is 32.1. The second-order valence-electron chi connectivity index (χ2n) is 5.65. The molecule has 0 aliphatic heterocycles. The molecule has 0 atom stereocenters. The molecule has 0 bridgehead atoms. The van der Waals surface area contributed by atoms with Gasteiger partial charge in [-0.25, -0.2) is 9.97 Å². The molecular formula is C18H11F3N4O2S. The molecule has 6 nitrogen and oxygen atoms in total. The lowest BCUT2D eigenvalue weighted by atomic mass is 10.2. The largest absolute Gasteiger partial charge is 0.573 e. The summed E-state index contributed by atoms with van der Waals surface area (Å²) >= 11 is 1.28. The van der Waals surface area contributed by atoms with E-state index in [9.17, 15) is 18.0 Å². The summed E-state index contributed by atoms with van der Waals surface area (Å²) in [5.74, 6) is -0.419. The van der Waals surface area contributed by atoms with Gasteiger partial charge in [-0.1, -0.05) is 18.2 Å². The average molecular weight is 404 g/mol. The van der Waals surface area contributed by atoms with Gasteiger partial charge < -0.3 is 9.72 Å². The lowest BCUT2D eigenvalue weighted by Gasteiger charge is -2.09. The SMILES string of the molecule is O=C(Nc1nccs1)c1cccc2[nH]c(-c3cccc(OC(F)(F)F)c3)nc12. The first kappa shape index (κ1) is 18.0. The fourth-order valence-corrected chi connectivity index (χ4v) is 3.17. The van der Waals surface area contributed by atoms with Crippen LogP contribution in [0.4, 0.5) is 18.3 Å². The molecule has 0 saturated heterocycles. The Morgan fingerprint density at radius 3 is 2.75 bits per heavy atom. The minimum Gasteiger partial charge on any atom is -0.406 e. The molecule has 0 radical (unpaired) electrons. The number of rotatable bonds is 4. The minimum absolute atomic E-state index is 0.317. The fraction of sp³-hybridized carbons (Fsp3) is 0.0556. The van der Waals surface area contributed by atoms with Gasteiger partial charge in [0.15, 0.2) is 5.13 Å². The predicted molar refractivity (Wildman–Crippen MR) is 98.3 cm³/mol. The van der Waals surface area contributed by atoms with Gasteiger partial charge in [-0.2, -0.15) is 0 Å². The van der Waals surface area contributed by atoms with Crippen LogP contribution in [-0.2, 0) is 0 Å². The van der Waals surface area contributed by atoms with Crippen molar-refractivity contribution in [3.05, 3.63) is 59.6 Å². The summed E-state index contributed by atoms with van der Waals surface area (Å²) in [7, 11) is 0. The molecule has 4 rings (SSSR count).